The molecule has 0 bridgehead atoms. The molecular weight excluding hydrogens is 517 g/mol. The van der Waals surface area contributed by atoms with Crippen LogP contribution >= 0.6 is 0 Å². The number of hydrogen-bond donors (Lipinski definition) is 0. The van der Waals surface area contributed by atoms with Crippen LogP contribution in [0.1, 0.15) is 46.4 Å². The van der Waals surface area contributed by atoms with Crippen LogP contribution in [-0.4, -0.2) is 65.1 Å². The van der Waals surface area contributed by atoms with Crippen LogP contribution in [0, 0.1) is 17.5 Å². The van der Waals surface area contributed by atoms with Gasteiger partial charge in [-0.2, -0.15) is 5.10 Å². The molecule has 2 aliphatic rings. The van der Waals surface area contributed by atoms with E-state index in [1.165, 1.54) is 55.2 Å². The number of fused-ring (bicyclic) bond motifs is 2. The fraction of sp³-hybridized carbons (Fsp3) is 0.333. The van der Waals surface area contributed by atoms with E-state index in [-0.39, 0.29) is 17.0 Å². The van der Waals surface area contributed by atoms with E-state index in [1.54, 1.807) is 4.90 Å². The Labute approximate surface area is 221 Å². The minimum Gasteiger partial charge on any atom is -0.451 e. The molecule has 1 fully saturated rings. The summed E-state index contributed by atoms with van der Waals surface area (Å²) in [5, 5.41) is 4.26. The van der Waals surface area contributed by atoms with E-state index in [0.717, 1.165) is 17.2 Å². The Kier molecular flexibility index (Phi) is 7.02. The van der Waals surface area contributed by atoms with Crippen LogP contribution in [-0.2, 0) is 4.74 Å². The maximum Gasteiger partial charge on any atom is 0.412 e. The predicted octanol–water partition coefficient (Wildman–Crippen LogP) is 3.69. The first-order chi connectivity index (χ1) is 18.7. The molecule has 1 saturated heterocycles. The third-order valence-corrected chi connectivity index (χ3v) is 7.04. The summed E-state index contributed by atoms with van der Waals surface area (Å²) >= 11 is 0. The highest BCUT2D eigenvalue weighted by Crippen LogP contribution is 2.46. The molecule has 39 heavy (non-hydrogen) atoms. The molecule has 3 atom stereocenters. The molecule has 2 aromatic carbocycles. The summed E-state index contributed by atoms with van der Waals surface area (Å²) in [6.07, 6.45) is 1.40. The van der Waals surface area contributed by atoms with Gasteiger partial charge in [-0.15, -0.1) is 0 Å². The molecule has 0 radical (unpaired) electrons. The number of amides is 2. The van der Waals surface area contributed by atoms with Crippen molar-refractivity contribution in [3.8, 4) is 5.75 Å². The average molecular weight is 543 g/mol. The molecular formula is C27H25F3N4O5. The number of ether oxygens (including phenoxy) is 2. The standard InChI is InChI=1S/C27H25F3N4O5/c1-32(2)27(37)39-14-38-25-20(35)13-31-34-23(19-7-4-12-33(19)26(36)24(25)34)21(15-8-10-16(28)11-9-15)17-5-3-6-18(29)22(17)30/h3,5-6,8-11,13,19,21,23H,4,7,12,14H2,1-2H3/t19-,21-,23-/m1/s1. The summed E-state index contributed by atoms with van der Waals surface area (Å²) in [6, 6.07) is 7.88. The summed E-state index contributed by atoms with van der Waals surface area (Å²) in [4.78, 5) is 41.0. The summed E-state index contributed by atoms with van der Waals surface area (Å²) in [5.41, 5.74) is -0.472. The highest BCUT2D eigenvalue weighted by atomic mass is 19.2. The molecule has 9 nitrogen and oxygen atoms in total. The Balaban J connectivity index is 1.69. The van der Waals surface area contributed by atoms with Gasteiger partial charge in [0.2, 0.25) is 18.0 Å². The molecule has 3 aromatic rings. The highest BCUT2D eigenvalue weighted by molar-refractivity contribution is 5.96. The highest BCUT2D eigenvalue weighted by Gasteiger charge is 2.49. The zero-order valence-corrected chi connectivity index (χ0v) is 21.1. The summed E-state index contributed by atoms with van der Waals surface area (Å²) in [6.45, 7) is -0.287. The van der Waals surface area contributed by atoms with Crippen molar-refractivity contribution in [2.45, 2.75) is 30.8 Å². The quantitative estimate of drug-likeness (QED) is 0.441. The summed E-state index contributed by atoms with van der Waals surface area (Å²) in [5.74, 6) is -4.48. The van der Waals surface area contributed by atoms with Gasteiger partial charge in [0.05, 0.1) is 18.3 Å². The van der Waals surface area contributed by atoms with Crippen LogP contribution in [0.3, 0.4) is 0 Å². The van der Waals surface area contributed by atoms with Crippen LogP contribution in [0.4, 0.5) is 18.0 Å². The predicted molar refractivity (Wildman–Crippen MR) is 132 cm³/mol. The number of benzene rings is 2. The number of carbonyl (C=O) groups is 2. The van der Waals surface area contributed by atoms with Crippen LogP contribution in [0.2, 0.25) is 0 Å². The van der Waals surface area contributed by atoms with E-state index in [0.29, 0.717) is 24.9 Å². The zero-order chi connectivity index (χ0) is 27.8. The molecule has 12 heteroatoms. The van der Waals surface area contributed by atoms with Gasteiger partial charge in [0.1, 0.15) is 5.82 Å². The van der Waals surface area contributed by atoms with Gasteiger partial charge in [0, 0.05) is 32.1 Å². The summed E-state index contributed by atoms with van der Waals surface area (Å²) in [7, 11) is 2.93. The molecule has 2 amide bonds. The smallest absolute Gasteiger partial charge is 0.412 e. The van der Waals surface area contributed by atoms with Gasteiger partial charge in [0.15, 0.2) is 17.3 Å². The van der Waals surface area contributed by atoms with E-state index in [4.69, 9.17) is 9.47 Å². The largest absolute Gasteiger partial charge is 0.451 e. The van der Waals surface area contributed by atoms with Crippen molar-refractivity contribution >= 4 is 12.0 Å². The van der Waals surface area contributed by atoms with E-state index in [2.05, 4.69) is 5.10 Å². The first-order valence-corrected chi connectivity index (χ1v) is 12.3. The molecule has 0 unspecified atom stereocenters. The fourth-order valence-electron chi connectivity index (χ4n) is 5.33. The number of halogens is 3. The van der Waals surface area contributed by atoms with E-state index < -0.39 is 59.7 Å². The van der Waals surface area contributed by atoms with Crippen LogP contribution in [0.15, 0.2) is 53.5 Å². The Morgan fingerprint density at radius 3 is 2.59 bits per heavy atom. The van der Waals surface area contributed by atoms with Crippen molar-refractivity contribution in [1.29, 1.82) is 0 Å². The lowest BCUT2D eigenvalue weighted by molar-refractivity contribution is 0.0374. The molecule has 0 saturated carbocycles. The second-order valence-electron chi connectivity index (χ2n) is 9.57. The van der Waals surface area contributed by atoms with E-state index >= 15 is 4.39 Å². The number of carbonyl (C=O) groups excluding carboxylic acids is 2. The Hall–Kier alpha value is -4.35. The number of hydrogen-bond acceptors (Lipinski definition) is 6. The number of rotatable bonds is 6. The zero-order valence-electron chi connectivity index (χ0n) is 21.1. The molecule has 0 aliphatic carbocycles. The lowest BCUT2D eigenvalue weighted by atomic mass is 9.79. The van der Waals surface area contributed by atoms with Crippen LogP contribution in [0.5, 0.6) is 5.75 Å². The molecule has 2 aliphatic heterocycles. The molecule has 0 N–H and O–H groups in total. The normalized spacial score (nSPS) is 18.8. The molecule has 204 valence electrons. The van der Waals surface area contributed by atoms with Crippen molar-refractivity contribution in [2.75, 3.05) is 27.4 Å². The molecule has 5 rings (SSSR count). The lowest BCUT2D eigenvalue weighted by Gasteiger charge is -2.42. The fourth-order valence-corrected chi connectivity index (χ4v) is 5.33. The Morgan fingerprint density at radius 1 is 1.13 bits per heavy atom. The Morgan fingerprint density at radius 2 is 1.87 bits per heavy atom. The Bertz CT molecular complexity index is 1480. The van der Waals surface area contributed by atoms with Gasteiger partial charge in [-0.1, -0.05) is 24.3 Å². The summed E-state index contributed by atoms with van der Waals surface area (Å²) < 4.78 is 55.4. The molecule has 1 aromatic heterocycles. The average Bonchev–Trinajstić information content (AvgIpc) is 3.40. The minimum atomic E-state index is -1.08. The van der Waals surface area contributed by atoms with E-state index in [1.807, 2.05) is 0 Å². The monoisotopic (exact) mass is 542 g/mol. The van der Waals surface area contributed by atoms with Gasteiger partial charge in [-0.05, 0) is 36.6 Å². The maximum absolute atomic E-state index is 15.3. The van der Waals surface area contributed by atoms with Crippen LogP contribution < -0.4 is 10.2 Å². The van der Waals surface area contributed by atoms with Crippen molar-refractivity contribution in [1.82, 2.24) is 19.6 Å². The number of nitrogens with zero attached hydrogens (tertiary/aromatic N) is 4. The van der Waals surface area contributed by atoms with Gasteiger partial charge in [0.25, 0.3) is 5.91 Å². The van der Waals surface area contributed by atoms with Crippen molar-refractivity contribution in [3.63, 3.8) is 0 Å². The van der Waals surface area contributed by atoms with Gasteiger partial charge < -0.3 is 19.3 Å². The van der Waals surface area contributed by atoms with E-state index in [9.17, 15) is 23.2 Å². The first-order valence-electron chi connectivity index (χ1n) is 12.3. The lowest BCUT2D eigenvalue weighted by Crippen LogP contribution is -2.51. The first kappa shape index (κ1) is 26.3. The van der Waals surface area contributed by atoms with Gasteiger partial charge >= 0.3 is 6.09 Å². The van der Waals surface area contributed by atoms with Crippen molar-refractivity contribution < 1.29 is 32.2 Å². The molecule has 0 spiro atoms. The topological polar surface area (TPSA) is 94.0 Å². The minimum absolute atomic E-state index is 0.0124. The van der Waals surface area contributed by atoms with Gasteiger partial charge in [-0.3, -0.25) is 14.3 Å². The second kappa shape index (κ2) is 10.4. The third-order valence-electron chi connectivity index (χ3n) is 7.04. The molecule has 3 heterocycles. The van der Waals surface area contributed by atoms with Crippen molar-refractivity contribution in [2.24, 2.45) is 0 Å². The SMILES string of the molecule is CN(C)C(=O)OCOc1c2n(ncc1=O)[C@@H]([C@H](c1ccc(F)cc1)c1cccc(F)c1F)[C@H]1CCCN1C2=O. The van der Waals surface area contributed by atoms with Crippen molar-refractivity contribution in [3.05, 3.63) is 93.2 Å². The van der Waals surface area contributed by atoms with Gasteiger partial charge in [-0.25, -0.2) is 18.0 Å². The number of aromatic nitrogens is 2. The van der Waals surface area contributed by atoms with Crippen LogP contribution in [0.25, 0.3) is 0 Å². The third kappa shape index (κ3) is 4.70. The second-order valence-corrected chi connectivity index (χ2v) is 9.57. The maximum atomic E-state index is 15.3.